The summed E-state index contributed by atoms with van der Waals surface area (Å²) >= 11 is 1.22. The fourth-order valence-corrected chi connectivity index (χ4v) is 3.95. The van der Waals surface area contributed by atoms with Crippen LogP contribution in [0.3, 0.4) is 0 Å². The first-order valence-electron chi connectivity index (χ1n) is 5.29. The summed E-state index contributed by atoms with van der Waals surface area (Å²) in [5.74, 6) is 0. The quantitative estimate of drug-likeness (QED) is 0.905. The highest BCUT2D eigenvalue weighted by atomic mass is 32.2. The zero-order chi connectivity index (χ0) is 13.2. The van der Waals surface area contributed by atoms with E-state index in [0.717, 1.165) is 5.56 Å². The summed E-state index contributed by atoms with van der Waals surface area (Å²) in [6.07, 6.45) is 0. The third-order valence-corrected chi connectivity index (χ3v) is 4.91. The highest BCUT2D eigenvalue weighted by molar-refractivity contribution is 7.93. The fraction of sp³-hybridized carbons (Fsp3) is 0.167. The van der Waals surface area contributed by atoms with Crippen molar-refractivity contribution < 1.29 is 13.5 Å². The van der Waals surface area contributed by atoms with E-state index in [0.29, 0.717) is 10.6 Å². The minimum Gasteiger partial charge on any atom is -0.391 e. The largest absolute Gasteiger partial charge is 0.391 e. The molecule has 18 heavy (non-hydrogen) atoms. The molecule has 0 fully saturated rings. The van der Waals surface area contributed by atoms with Crippen LogP contribution in [0.1, 0.15) is 10.4 Å². The first kappa shape index (κ1) is 13.1. The summed E-state index contributed by atoms with van der Waals surface area (Å²) in [7, 11) is -3.63. The van der Waals surface area contributed by atoms with E-state index < -0.39 is 10.0 Å². The predicted octanol–water partition coefficient (Wildman–Crippen LogP) is 2.35. The van der Waals surface area contributed by atoms with Gasteiger partial charge < -0.3 is 5.11 Å². The van der Waals surface area contributed by atoms with Crippen molar-refractivity contribution in [2.24, 2.45) is 0 Å². The summed E-state index contributed by atoms with van der Waals surface area (Å²) in [6.45, 7) is 1.61. The molecule has 2 N–H and O–H groups in total. The van der Waals surface area contributed by atoms with Crippen molar-refractivity contribution in [2.45, 2.75) is 18.4 Å². The zero-order valence-electron chi connectivity index (χ0n) is 9.75. The maximum atomic E-state index is 12.1. The Morgan fingerprint density at radius 2 is 2.11 bits per heavy atom. The normalized spacial score (nSPS) is 11.4. The summed E-state index contributed by atoms with van der Waals surface area (Å²) < 4.78 is 26.8. The molecule has 4 nitrogen and oxygen atoms in total. The van der Waals surface area contributed by atoms with Gasteiger partial charge in [-0.3, -0.25) is 4.72 Å². The summed E-state index contributed by atoms with van der Waals surface area (Å²) in [5.41, 5.74) is 1.49. The van der Waals surface area contributed by atoms with Gasteiger partial charge in [0.05, 0.1) is 11.5 Å². The number of hydrogen-bond donors (Lipinski definition) is 2. The van der Waals surface area contributed by atoms with Crippen LogP contribution in [0.5, 0.6) is 0 Å². The number of aliphatic hydroxyl groups excluding tert-OH is 1. The van der Waals surface area contributed by atoms with Crippen LogP contribution >= 0.6 is 11.3 Å². The Kier molecular flexibility index (Phi) is 3.70. The zero-order valence-corrected chi connectivity index (χ0v) is 11.4. The fourth-order valence-electron chi connectivity index (χ4n) is 1.60. The maximum Gasteiger partial charge on any atom is 0.263 e. The van der Waals surface area contributed by atoms with E-state index in [1.807, 2.05) is 13.0 Å². The number of anilines is 1. The molecule has 96 valence electrons. The van der Waals surface area contributed by atoms with Crippen molar-refractivity contribution in [3.05, 3.63) is 46.2 Å². The number of aryl methyl sites for hydroxylation is 1. The van der Waals surface area contributed by atoms with E-state index >= 15 is 0 Å². The van der Waals surface area contributed by atoms with Gasteiger partial charge in [-0.15, -0.1) is 11.3 Å². The Morgan fingerprint density at radius 3 is 2.78 bits per heavy atom. The number of aliphatic hydroxyl groups is 1. The van der Waals surface area contributed by atoms with Crippen LogP contribution in [0.15, 0.2) is 40.6 Å². The average molecular weight is 283 g/mol. The number of thiophene rings is 1. The third kappa shape index (κ3) is 2.72. The van der Waals surface area contributed by atoms with Crippen LogP contribution < -0.4 is 4.72 Å². The first-order valence-corrected chi connectivity index (χ1v) is 7.66. The highest BCUT2D eigenvalue weighted by Crippen LogP contribution is 2.24. The van der Waals surface area contributed by atoms with E-state index in [2.05, 4.69) is 4.72 Å². The number of nitrogens with one attached hydrogen (secondary N) is 1. The Hall–Kier alpha value is -1.37. The molecule has 1 aromatic carbocycles. The molecule has 2 rings (SSSR count). The number of rotatable bonds is 4. The van der Waals surface area contributed by atoms with Gasteiger partial charge in [-0.25, -0.2) is 8.42 Å². The van der Waals surface area contributed by atoms with Crippen molar-refractivity contribution in [3.8, 4) is 0 Å². The second kappa shape index (κ2) is 5.09. The van der Waals surface area contributed by atoms with Gasteiger partial charge in [0.25, 0.3) is 10.0 Å². The molecule has 0 amide bonds. The lowest BCUT2D eigenvalue weighted by Gasteiger charge is -2.08. The van der Waals surface area contributed by atoms with Crippen LogP contribution in [0, 0.1) is 6.92 Å². The SMILES string of the molecule is Cc1cccc(NS(=O)(=O)c2ccsc2CO)c1. The molecule has 0 saturated carbocycles. The molecule has 0 bridgehead atoms. The molecule has 1 aromatic heterocycles. The molecule has 6 heteroatoms. The van der Waals surface area contributed by atoms with Gasteiger partial charge in [0.1, 0.15) is 4.90 Å². The minimum absolute atomic E-state index is 0.136. The number of benzene rings is 1. The standard InChI is InChI=1S/C12H13NO3S2/c1-9-3-2-4-10(7-9)13-18(15,16)12-5-6-17-11(12)8-14/h2-7,13-14H,8H2,1H3. The molecular weight excluding hydrogens is 270 g/mol. The van der Waals surface area contributed by atoms with E-state index in [9.17, 15) is 8.42 Å². The van der Waals surface area contributed by atoms with Crippen LogP contribution in [-0.4, -0.2) is 13.5 Å². The van der Waals surface area contributed by atoms with Crippen LogP contribution in [0.4, 0.5) is 5.69 Å². The second-order valence-corrected chi connectivity index (χ2v) is 6.49. The van der Waals surface area contributed by atoms with Gasteiger partial charge in [0, 0.05) is 5.69 Å². The van der Waals surface area contributed by atoms with Gasteiger partial charge in [0.15, 0.2) is 0 Å². The summed E-state index contributed by atoms with van der Waals surface area (Å²) in [4.78, 5) is 0.576. The Bertz CT molecular complexity index is 647. The van der Waals surface area contributed by atoms with Crippen LogP contribution in [-0.2, 0) is 16.6 Å². The molecule has 0 radical (unpaired) electrons. The van der Waals surface area contributed by atoms with E-state index in [1.54, 1.807) is 23.6 Å². The van der Waals surface area contributed by atoms with Crippen LogP contribution in [0.25, 0.3) is 0 Å². The van der Waals surface area contributed by atoms with Gasteiger partial charge >= 0.3 is 0 Å². The molecule has 0 atom stereocenters. The van der Waals surface area contributed by atoms with Crippen molar-refractivity contribution in [1.29, 1.82) is 0 Å². The van der Waals surface area contributed by atoms with Crippen molar-refractivity contribution in [1.82, 2.24) is 0 Å². The molecule has 1 heterocycles. The van der Waals surface area contributed by atoms with Gasteiger partial charge in [-0.2, -0.15) is 0 Å². The smallest absolute Gasteiger partial charge is 0.263 e. The summed E-state index contributed by atoms with van der Waals surface area (Å²) in [5, 5.41) is 10.7. The van der Waals surface area contributed by atoms with E-state index in [4.69, 9.17) is 5.11 Å². The lowest BCUT2D eigenvalue weighted by Crippen LogP contribution is -2.13. The third-order valence-electron chi connectivity index (χ3n) is 2.41. The summed E-state index contributed by atoms with van der Waals surface area (Å²) in [6, 6.07) is 8.61. The topological polar surface area (TPSA) is 66.4 Å². The Balaban J connectivity index is 2.33. The molecule has 0 saturated heterocycles. The maximum absolute atomic E-state index is 12.1. The van der Waals surface area contributed by atoms with Crippen LogP contribution in [0.2, 0.25) is 0 Å². The molecule has 0 aliphatic carbocycles. The monoisotopic (exact) mass is 283 g/mol. The van der Waals surface area contributed by atoms with Crippen molar-refractivity contribution in [3.63, 3.8) is 0 Å². The minimum atomic E-state index is -3.63. The Labute approximate surface area is 110 Å². The number of hydrogen-bond acceptors (Lipinski definition) is 4. The molecule has 0 unspecified atom stereocenters. The molecular formula is C12H13NO3S2. The molecule has 0 spiro atoms. The highest BCUT2D eigenvalue weighted by Gasteiger charge is 2.19. The van der Waals surface area contributed by atoms with Crippen molar-refractivity contribution in [2.75, 3.05) is 4.72 Å². The van der Waals surface area contributed by atoms with E-state index in [-0.39, 0.29) is 11.5 Å². The molecule has 0 aliphatic heterocycles. The van der Waals surface area contributed by atoms with Crippen molar-refractivity contribution >= 4 is 27.0 Å². The van der Waals surface area contributed by atoms with Gasteiger partial charge in [-0.05, 0) is 36.1 Å². The molecule has 0 aliphatic rings. The second-order valence-electron chi connectivity index (χ2n) is 3.84. The number of sulfonamides is 1. The van der Waals surface area contributed by atoms with Gasteiger partial charge in [0.2, 0.25) is 0 Å². The van der Waals surface area contributed by atoms with Gasteiger partial charge in [-0.1, -0.05) is 12.1 Å². The van der Waals surface area contributed by atoms with E-state index in [1.165, 1.54) is 17.4 Å². The predicted molar refractivity (Wildman–Crippen MR) is 72.2 cm³/mol. The first-order chi connectivity index (χ1) is 8.53. The lowest BCUT2D eigenvalue weighted by atomic mass is 10.2. The molecule has 2 aromatic rings. The lowest BCUT2D eigenvalue weighted by molar-refractivity contribution is 0.282. The average Bonchev–Trinajstić information content (AvgIpc) is 2.77. The Morgan fingerprint density at radius 1 is 1.33 bits per heavy atom.